The number of sulfonamides is 1. The quantitative estimate of drug-likeness (QED) is 0.733. The molecular weight excluding hydrogens is 420 g/mol. The van der Waals surface area contributed by atoms with Gasteiger partial charge < -0.3 is 19.5 Å². The summed E-state index contributed by atoms with van der Waals surface area (Å²) in [6, 6.07) is 11.7. The summed E-state index contributed by atoms with van der Waals surface area (Å²) in [5.41, 5.74) is 0.285. The number of benzene rings is 2. The van der Waals surface area contributed by atoms with Crippen LogP contribution in [0.4, 0.5) is 5.69 Å². The van der Waals surface area contributed by atoms with Crippen molar-refractivity contribution in [1.29, 1.82) is 0 Å². The number of nitrogens with zero attached hydrogens (tertiary/aromatic N) is 1. The molecule has 0 aliphatic carbocycles. The van der Waals surface area contributed by atoms with Gasteiger partial charge in [0.1, 0.15) is 12.4 Å². The van der Waals surface area contributed by atoms with E-state index in [0.29, 0.717) is 36.9 Å². The number of nitrogens with one attached hydrogen (secondary N) is 1. The fourth-order valence-electron chi connectivity index (χ4n) is 3.66. The second-order valence-electron chi connectivity index (χ2n) is 7.41. The van der Waals surface area contributed by atoms with Crippen LogP contribution in [0.15, 0.2) is 47.4 Å². The van der Waals surface area contributed by atoms with Gasteiger partial charge in [-0.1, -0.05) is 18.6 Å². The fraction of sp³-hybridized carbons (Fsp3) is 0.409. The predicted octanol–water partition coefficient (Wildman–Crippen LogP) is 3.04. The standard InChI is InChI=1S/C22H26N2O6S/c1-2-28-18-11-10-16(31(26,27)24-12-6-3-7-13-24)14-17(18)23-22(25)21-15-29-19-8-4-5-9-20(19)30-21/h4-5,8-11,14,21H,2-3,6-7,12-13,15H2,1H3,(H,23,25)/t21-/m0/s1. The van der Waals surface area contributed by atoms with E-state index in [1.165, 1.54) is 16.4 Å². The van der Waals surface area contributed by atoms with Crippen LogP contribution in [-0.2, 0) is 14.8 Å². The van der Waals surface area contributed by atoms with Gasteiger partial charge >= 0.3 is 0 Å². The third kappa shape index (κ3) is 4.62. The van der Waals surface area contributed by atoms with Crippen LogP contribution in [0.2, 0.25) is 0 Å². The summed E-state index contributed by atoms with van der Waals surface area (Å²) in [5.74, 6) is 1.02. The molecule has 0 spiro atoms. The molecule has 2 heterocycles. The highest BCUT2D eigenvalue weighted by molar-refractivity contribution is 7.89. The van der Waals surface area contributed by atoms with E-state index in [2.05, 4.69) is 5.32 Å². The molecular formula is C22H26N2O6S. The SMILES string of the molecule is CCOc1ccc(S(=O)(=O)N2CCCCC2)cc1NC(=O)[C@@H]1COc2ccccc2O1. The molecule has 1 N–H and O–H groups in total. The maximum absolute atomic E-state index is 13.1. The third-order valence-electron chi connectivity index (χ3n) is 5.26. The van der Waals surface area contributed by atoms with E-state index in [1.54, 1.807) is 24.3 Å². The number of amides is 1. The van der Waals surface area contributed by atoms with Crippen molar-refractivity contribution < 1.29 is 27.4 Å². The Kier molecular flexibility index (Phi) is 6.33. The number of para-hydroxylation sites is 2. The van der Waals surface area contributed by atoms with Gasteiger partial charge in [-0.15, -0.1) is 0 Å². The van der Waals surface area contributed by atoms with E-state index >= 15 is 0 Å². The van der Waals surface area contributed by atoms with E-state index < -0.39 is 22.0 Å². The average Bonchev–Trinajstić information content (AvgIpc) is 2.80. The monoisotopic (exact) mass is 446 g/mol. The van der Waals surface area contributed by atoms with Gasteiger partial charge in [0, 0.05) is 13.1 Å². The molecule has 1 saturated heterocycles. The van der Waals surface area contributed by atoms with Crippen LogP contribution in [0.3, 0.4) is 0 Å². The number of ether oxygens (including phenoxy) is 3. The molecule has 0 saturated carbocycles. The van der Waals surface area contributed by atoms with E-state index in [-0.39, 0.29) is 17.2 Å². The first-order valence-electron chi connectivity index (χ1n) is 10.5. The Morgan fingerprint density at radius 3 is 2.61 bits per heavy atom. The molecule has 0 bridgehead atoms. The highest BCUT2D eigenvalue weighted by atomic mass is 32.2. The van der Waals surface area contributed by atoms with Gasteiger partial charge in [-0.3, -0.25) is 4.79 Å². The second kappa shape index (κ2) is 9.15. The minimum Gasteiger partial charge on any atom is -0.492 e. The molecule has 2 aliphatic rings. The van der Waals surface area contributed by atoms with Gasteiger partial charge in [0.15, 0.2) is 11.5 Å². The van der Waals surface area contributed by atoms with Crippen molar-refractivity contribution in [3.63, 3.8) is 0 Å². The van der Waals surface area contributed by atoms with Crippen molar-refractivity contribution in [3.05, 3.63) is 42.5 Å². The number of carbonyl (C=O) groups excluding carboxylic acids is 1. The Hall–Kier alpha value is -2.78. The zero-order chi connectivity index (χ0) is 21.8. The van der Waals surface area contributed by atoms with Crippen molar-refractivity contribution >= 4 is 21.6 Å². The Labute approximate surface area is 182 Å². The Morgan fingerprint density at radius 1 is 1.13 bits per heavy atom. The lowest BCUT2D eigenvalue weighted by Gasteiger charge is -2.27. The Morgan fingerprint density at radius 2 is 1.87 bits per heavy atom. The summed E-state index contributed by atoms with van der Waals surface area (Å²) in [5, 5.41) is 2.76. The lowest BCUT2D eigenvalue weighted by molar-refractivity contribution is -0.125. The second-order valence-corrected chi connectivity index (χ2v) is 9.35. The van der Waals surface area contributed by atoms with Crippen molar-refractivity contribution in [1.82, 2.24) is 4.31 Å². The first-order valence-corrected chi connectivity index (χ1v) is 11.9. The summed E-state index contributed by atoms with van der Waals surface area (Å²) in [4.78, 5) is 13.0. The molecule has 8 nitrogen and oxygen atoms in total. The highest BCUT2D eigenvalue weighted by Gasteiger charge is 2.30. The number of piperidine rings is 1. The molecule has 4 rings (SSSR count). The van der Waals surface area contributed by atoms with Crippen LogP contribution in [0.25, 0.3) is 0 Å². The van der Waals surface area contributed by atoms with Gasteiger partial charge in [0.2, 0.25) is 16.1 Å². The predicted molar refractivity (Wildman–Crippen MR) is 115 cm³/mol. The molecule has 31 heavy (non-hydrogen) atoms. The van der Waals surface area contributed by atoms with Crippen molar-refractivity contribution in [2.75, 3.05) is 31.6 Å². The summed E-state index contributed by atoms with van der Waals surface area (Å²) < 4.78 is 44.6. The van der Waals surface area contributed by atoms with E-state index in [9.17, 15) is 13.2 Å². The molecule has 166 valence electrons. The smallest absolute Gasteiger partial charge is 0.269 e. The first-order chi connectivity index (χ1) is 15.0. The molecule has 2 aromatic carbocycles. The molecule has 2 aliphatic heterocycles. The van der Waals surface area contributed by atoms with Crippen LogP contribution in [0.1, 0.15) is 26.2 Å². The molecule has 2 aromatic rings. The number of hydrogen-bond acceptors (Lipinski definition) is 6. The summed E-state index contributed by atoms with van der Waals surface area (Å²) >= 11 is 0. The maximum atomic E-state index is 13.1. The minimum absolute atomic E-state index is 0.0541. The number of fused-ring (bicyclic) bond motifs is 1. The number of hydrogen-bond donors (Lipinski definition) is 1. The number of rotatable bonds is 6. The van der Waals surface area contributed by atoms with E-state index in [1.807, 2.05) is 13.0 Å². The molecule has 0 aromatic heterocycles. The highest BCUT2D eigenvalue weighted by Crippen LogP contribution is 2.33. The van der Waals surface area contributed by atoms with Gasteiger partial charge in [-0.2, -0.15) is 4.31 Å². The van der Waals surface area contributed by atoms with Gasteiger partial charge in [0.25, 0.3) is 5.91 Å². The Bertz CT molecular complexity index is 1050. The lowest BCUT2D eigenvalue weighted by Crippen LogP contribution is -2.40. The van der Waals surface area contributed by atoms with Crippen molar-refractivity contribution in [3.8, 4) is 17.2 Å². The normalized spacial score (nSPS) is 18.9. The van der Waals surface area contributed by atoms with Crippen LogP contribution >= 0.6 is 0 Å². The summed E-state index contributed by atoms with van der Waals surface area (Å²) in [7, 11) is -3.65. The Balaban J connectivity index is 1.56. The van der Waals surface area contributed by atoms with Crippen LogP contribution in [0.5, 0.6) is 17.2 Å². The largest absolute Gasteiger partial charge is 0.492 e. The third-order valence-corrected chi connectivity index (χ3v) is 7.16. The lowest BCUT2D eigenvalue weighted by atomic mass is 10.2. The van der Waals surface area contributed by atoms with Crippen molar-refractivity contribution in [2.24, 2.45) is 0 Å². The van der Waals surface area contributed by atoms with Gasteiger partial charge in [-0.05, 0) is 50.1 Å². The van der Waals surface area contributed by atoms with Gasteiger partial charge in [-0.25, -0.2) is 8.42 Å². The molecule has 0 radical (unpaired) electrons. The topological polar surface area (TPSA) is 94.2 Å². The van der Waals surface area contributed by atoms with Crippen LogP contribution < -0.4 is 19.5 Å². The zero-order valence-electron chi connectivity index (χ0n) is 17.4. The summed E-state index contributed by atoms with van der Waals surface area (Å²) in [6.45, 7) is 3.25. The van der Waals surface area contributed by atoms with Crippen LogP contribution in [0, 0.1) is 0 Å². The fourth-order valence-corrected chi connectivity index (χ4v) is 5.21. The van der Waals surface area contributed by atoms with Crippen molar-refractivity contribution in [2.45, 2.75) is 37.2 Å². The molecule has 0 unspecified atom stereocenters. The van der Waals surface area contributed by atoms with Gasteiger partial charge in [0.05, 0.1) is 17.2 Å². The molecule has 9 heteroatoms. The summed E-state index contributed by atoms with van der Waals surface area (Å²) in [6.07, 6.45) is 1.86. The average molecular weight is 447 g/mol. The van der Waals surface area contributed by atoms with Crippen LogP contribution in [-0.4, -0.2) is 51.0 Å². The minimum atomic E-state index is -3.65. The van der Waals surface area contributed by atoms with E-state index in [0.717, 1.165) is 19.3 Å². The molecule has 1 fully saturated rings. The maximum Gasteiger partial charge on any atom is 0.269 e. The number of anilines is 1. The zero-order valence-corrected chi connectivity index (χ0v) is 18.2. The number of carbonyl (C=O) groups is 1. The molecule has 1 atom stereocenters. The van der Waals surface area contributed by atoms with E-state index in [4.69, 9.17) is 14.2 Å². The first kappa shape index (κ1) is 21.5. The molecule has 1 amide bonds.